The van der Waals surface area contributed by atoms with Gasteiger partial charge in [-0.25, -0.2) is 9.98 Å². The molecule has 3 aromatic rings. The molecule has 2 N–H and O–H groups in total. The number of nitrogens with one attached hydrogen (secondary N) is 2. The molecule has 0 spiro atoms. The lowest BCUT2D eigenvalue weighted by atomic mass is 10.3. The highest BCUT2D eigenvalue weighted by Gasteiger charge is 2.07. The summed E-state index contributed by atoms with van der Waals surface area (Å²) in [4.78, 5) is 12.1. The lowest BCUT2D eigenvalue weighted by Gasteiger charge is -2.10. The second-order valence-corrected chi connectivity index (χ2v) is 7.10. The fourth-order valence-electron chi connectivity index (χ4n) is 2.71. The number of aryl methyl sites for hydroxylation is 2. The van der Waals surface area contributed by atoms with Gasteiger partial charge in [-0.3, -0.25) is 0 Å². The quantitative estimate of drug-likeness (QED) is 0.316. The highest BCUT2D eigenvalue weighted by Crippen LogP contribution is 2.17. The van der Waals surface area contributed by atoms with Gasteiger partial charge in [-0.1, -0.05) is 19.1 Å². The van der Waals surface area contributed by atoms with Crippen LogP contribution < -0.4 is 10.6 Å². The Kier molecular flexibility index (Phi) is 7.89. The van der Waals surface area contributed by atoms with E-state index in [0.717, 1.165) is 42.3 Å². The Morgan fingerprint density at radius 3 is 2.58 bits per heavy atom. The minimum absolute atomic E-state index is 0. The maximum absolute atomic E-state index is 4.70. The smallest absolute Gasteiger partial charge is 0.191 e. The van der Waals surface area contributed by atoms with E-state index in [0.29, 0.717) is 6.54 Å². The number of aliphatic imine (C=N–C) groups is 1. The average Bonchev–Trinajstić information content (AvgIpc) is 3.22. The van der Waals surface area contributed by atoms with Crippen LogP contribution in [0.5, 0.6) is 0 Å². The number of imidazole rings is 1. The molecule has 7 heteroatoms. The molecular formula is C19H26IN5S. The van der Waals surface area contributed by atoms with E-state index in [1.807, 2.05) is 36.6 Å². The van der Waals surface area contributed by atoms with Gasteiger partial charge < -0.3 is 15.2 Å². The van der Waals surface area contributed by atoms with E-state index < -0.39 is 0 Å². The molecule has 0 aliphatic heterocycles. The number of aromatic nitrogens is 2. The SMILES string of the molecule is CCNC(=NCc1nc2ccccc2n1C)NCc1ccc(CC)s1.I. The number of para-hydroxylation sites is 2. The molecule has 2 aromatic heterocycles. The number of hydrogen-bond acceptors (Lipinski definition) is 3. The predicted molar refractivity (Wildman–Crippen MR) is 121 cm³/mol. The molecule has 0 bridgehead atoms. The van der Waals surface area contributed by atoms with Crippen LogP contribution in [-0.2, 0) is 26.6 Å². The zero-order valence-electron chi connectivity index (χ0n) is 15.5. The lowest BCUT2D eigenvalue weighted by molar-refractivity contribution is 0.781. The monoisotopic (exact) mass is 483 g/mol. The predicted octanol–water partition coefficient (Wildman–Crippen LogP) is 4.07. The van der Waals surface area contributed by atoms with Gasteiger partial charge in [-0.2, -0.15) is 0 Å². The minimum atomic E-state index is 0. The van der Waals surface area contributed by atoms with E-state index in [-0.39, 0.29) is 24.0 Å². The van der Waals surface area contributed by atoms with Gasteiger partial charge in [-0.15, -0.1) is 35.3 Å². The summed E-state index contributed by atoms with van der Waals surface area (Å²) in [6, 6.07) is 12.6. The summed E-state index contributed by atoms with van der Waals surface area (Å²) in [6.07, 6.45) is 1.09. The van der Waals surface area contributed by atoms with Gasteiger partial charge in [0.2, 0.25) is 0 Å². The highest BCUT2D eigenvalue weighted by atomic mass is 127. The summed E-state index contributed by atoms with van der Waals surface area (Å²) in [7, 11) is 2.04. The Balaban J connectivity index is 0.00000243. The average molecular weight is 483 g/mol. The van der Waals surface area contributed by atoms with Gasteiger partial charge in [0, 0.05) is 23.3 Å². The summed E-state index contributed by atoms with van der Waals surface area (Å²) >= 11 is 1.85. The topological polar surface area (TPSA) is 54.2 Å². The molecule has 0 unspecified atom stereocenters. The number of halogens is 1. The van der Waals surface area contributed by atoms with E-state index in [2.05, 4.69) is 52.2 Å². The summed E-state index contributed by atoms with van der Waals surface area (Å²) in [6.45, 7) is 6.43. The van der Waals surface area contributed by atoms with Gasteiger partial charge in [-0.05, 0) is 37.6 Å². The number of guanidine groups is 1. The lowest BCUT2D eigenvalue weighted by Crippen LogP contribution is -2.36. The second kappa shape index (κ2) is 9.91. The van der Waals surface area contributed by atoms with Gasteiger partial charge >= 0.3 is 0 Å². The Labute approximate surface area is 176 Å². The summed E-state index contributed by atoms with van der Waals surface area (Å²) in [5.41, 5.74) is 2.15. The molecule has 0 saturated carbocycles. The van der Waals surface area contributed by atoms with E-state index in [4.69, 9.17) is 4.99 Å². The van der Waals surface area contributed by atoms with Crippen LogP contribution in [-0.4, -0.2) is 22.1 Å². The van der Waals surface area contributed by atoms with Gasteiger partial charge in [0.15, 0.2) is 5.96 Å². The summed E-state index contributed by atoms with van der Waals surface area (Å²) in [5, 5.41) is 6.71. The van der Waals surface area contributed by atoms with Crippen molar-refractivity contribution in [2.24, 2.45) is 12.0 Å². The number of rotatable bonds is 6. The Hall–Kier alpha value is -1.61. The summed E-state index contributed by atoms with van der Waals surface area (Å²) in [5.74, 6) is 1.78. The van der Waals surface area contributed by atoms with Crippen molar-refractivity contribution in [3.63, 3.8) is 0 Å². The van der Waals surface area contributed by atoms with Gasteiger partial charge in [0.05, 0.1) is 17.6 Å². The number of fused-ring (bicyclic) bond motifs is 1. The number of hydrogen-bond donors (Lipinski definition) is 2. The van der Waals surface area contributed by atoms with Crippen molar-refractivity contribution in [3.05, 3.63) is 52.0 Å². The van der Waals surface area contributed by atoms with Crippen molar-refractivity contribution >= 4 is 52.3 Å². The Morgan fingerprint density at radius 2 is 1.88 bits per heavy atom. The fourth-order valence-corrected chi connectivity index (χ4v) is 3.60. The third-order valence-electron chi connectivity index (χ3n) is 4.10. The number of benzene rings is 1. The van der Waals surface area contributed by atoms with Crippen LogP contribution in [0.15, 0.2) is 41.4 Å². The molecule has 3 rings (SSSR count). The van der Waals surface area contributed by atoms with Crippen LogP contribution in [0.25, 0.3) is 11.0 Å². The van der Waals surface area contributed by atoms with Gasteiger partial charge in [0.25, 0.3) is 0 Å². The molecule has 0 fully saturated rings. The fraction of sp³-hybridized carbons (Fsp3) is 0.368. The first-order valence-corrected chi connectivity index (χ1v) is 9.53. The first-order chi connectivity index (χ1) is 12.2. The second-order valence-electron chi connectivity index (χ2n) is 5.85. The molecule has 0 saturated heterocycles. The zero-order valence-corrected chi connectivity index (χ0v) is 18.6. The molecule has 0 aliphatic carbocycles. The van der Waals surface area contributed by atoms with Crippen molar-refractivity contribution < 1.29 is 0 Å². The molecule has 1 aromatic carbocycles. The minimum Gasteiger partial charge on any atom is -0.357 e. The maximum atomic E-state index is 4.70. The van der Waals surface area contributed by atoms with Crippen LogP contribution >= 0.6 is 35.3 Å². The molecular weight excluding hydrogens is 457 g/mol. The normalized spacial score (nSPS) is 11.4. The van der Waals surface area contributed by atoms with Crippen LogP contribution in [0, 0.1) is 0 Å². The van der Waals surface area contributed by atoms with Crippen molar-refractivity contribution in [2.75, 3.05) is 6.54 Å². The number of thiophene rings is 1. The van der Waals surface area contributed by atoms with Crippen LogP contribution in [0.4, 0.5) is 0 Å². The molecule has 26 heavy (non-hydrogen) atoms. The molecule has 0 amide bonds. The van der Waals surface area contributed by atoms with Crippen molar-refractivity contribution in [1.29, 1.82) is 0 Å². The van der Waals surface area contributed by atoms with Crippen molar-refractivity contribution in [1.82, 2.24) is 20.2 Å². The van der Waals surface area contributed by atoms with E-state index >= 15 is 0 Å². The molecule has 0 aliphatic rings. The zero-order chi connectivity index (χ0) is 17.6. The molecule has 2 heterocycles. The maximum Gasteiger partial charge on any atom is 0.191 e. The third kappa shape index (κ3) is 4.97. The van der Waals surface area contributed by atoms with Crippen molar-refractivity contribution in [2.45, 2.75) is 33.4 Å². The largest absolute Gasteiger partial charge is 0.357 e. The Morgan fingerprint density at radius 1 is 1.12 bits per heavy atom. The van der Waals surface area contributed by atoms with E-state index in [1.54, 1.807) is 0 Å². The molecule has 140 valence electrons. The van der Waals surface area contributed by atoms with E-state index in [9.17, 15) is 0 Å². The van der Waals surface area contributed by atoms with Crippen LogP contribution in [0.2, 0.25) is 0 Å². The standard InChI is InChI=1S/C19H25N5S.HI/c1-4-14-10-11-15(25-14)12-21-19(20-5-2)22-13-18-23-16-8-6-7-9-17(16)24(18)3;/h6-11H,4-5,12-13H2,1-3H3,(H2,20,21,22);1H. The first-order valence-electron chi connectivity index (χ1n) is 8.71. The number of nitrogens with zero attached hydrogens (tertiary/aromatic N) is 3. The molecule has 5 nitrogen and oxygen atoms in total. The highest BCUT2D eigenvalue weighted by molar-refractivity contribution is 14.0. The molecule has 0 atom stereocenters. The van der Waals surface area contributed by atoms with Crippen LogP contribution in [0.1, 0.15) is 29.4 Å². The Bertz CT molecular complexity index is 868. The van der Waals surface area contributed by atoms with Crippen molar-refractivity contribution in [3.8, 4) is 0 Å². The van der Waals surface area contributed by atoms with Gasteiger partial charge in [0.1, 0.15) is 12.4 Å². The summed E-state index contributed by atoms with van der Waals surface area (Å²) < 4.78 is 2.11. The molecule has 0 radical (unpaired) electrons. The van der Waals surface area contributed by atoms with E-state index in [1.165, 1.54) is 9.75 Å². The third-order valence-corrected chi connectivity index (χ3v) is 5.33. The first kappa shape index (κ1) is 20.7. The van der Waals surface area contributed by atoms with Crippen LogP contribution in [0.3, 0.4) is 0 Å².